The zero-order valence-electron chi connectivity index (χ0n) is 12.4. The van der Waals surface area contributed by atoms with Gasteiger partial charge in [0.1, 0.15) is 6.17 Å². The van der Waals surface area contributed by atoms with Crippen molar-refractivity contribution in [1.29, 1.82) is 0 Å². The quantitative estimate of drug-likeness (QED) is 0.930. The minimum absolute atomic E-state index is 0.120. The number of rotatable bonds is 3. The van der Waals surface area contributed by atoms with Crippen molar-refractivity contribution >= 4 is 5.91 Å². The maximum Gasteiger partial charge on any atom is 0.224 e. The smallest absolute Gasteiger partial charge is 0.224 e. The summed E-state index contributed by atoms with van der Waals surface area (Å²) in [6.07, 6.45) is 3.59. The van der Waals surface area contributed by atoms with Crippen LogP contribution in [0.2, 0.25) is 0 Å². The predicted octanol–water partition coefficient (Wildman–Crippen LogP) is 2.53. The Kier molecular flexibility index (Phi) is 4.24. The van der Waals surface area contributed by atoms with Crippen LogP contribution >= 0.6 is 0 Å². The number of alkyl halides is 1. The van der Waals surface area contributed by atoms with E-state index in [1.165, 1.54) is 11.1 Å². The fourth-order valence-electron chi connectivity index (χ4n) is 3.58. The van der Waals surface area contributed by atoms with Crippen LogP contribution in [0.3, 0.4) is 0 Å². The van der Waals surface area contributed by atoms with Gasteiger partial charge in [0.2, 0.25) is 5.91 Å². The maximum absolute atomic E-state index is 13.2. The number of fused-ring (bicyclic) bond motifs is 1. The maximum atomic E-state index is 13.2. The van der Waals surface area contributed by atoms with E-state index in [0.717, 1.165) is 44.5 Å². The normalized spacial score (nSPS) is 23.8. The second kappa shape index (κ2) is 6.14. The predicted molar refractivity (Wildman–Crippen MR) is 80.7 cm³/mol. The van der Waals surface area contributed by atoms with Crippen LogP contribution in [-0.4, -0.2) is 30.1 Å². The Morgan fingerprint density at radius 1 is 1.29 bits per heavy atom. The highest BCUT2D eigenvalue weighted by Gasteiger charge is 2.25. The Bertz CT molecular complexity index is 524. The van der Waals surface area contributed by atoms with E-state index >= 15 is 0 Å². The number of primary amides is 1. The van der Waals surface area contributed by atoms with Gasteiger partial charge in [0.25, 0.3) is 0 Å². The molecular weight excluding hydrogens is 267 g/mol. The van der Waals surface area contributed by atoms with Crippen LogP contribution in [0.15, 0.2) is 18.2 Å². The average molecular weight is 290 g/mol. The standard InChI is InChI=1S/C17H23FN2O/c18-14-6-8-20(9-7-14)11-12-4-5-15-13(10-12)2-1-3-16(15)17(19)21/h4-5,10,14,16H,1-3,6-9,11H2,(H2,19,21). The molecule has 3 nitrogen and oxygen atoms in total. The molecule has 1 aromatic carbocycles. The molecule has 1 aliphatic heterocycles. The number of amides is 1. The Hall–Kier alpha value is -1.42. The number of carbonyl (C=O) groups is 1. The molecule has 3 rings (SSSR count). The Morgan fingerprint density at radius 2 is 2.05 bits per heavy atom. The molecule has 1 heterocycles. The van der Waals surface area contributed by atoms with Gasteiger partial charge in [-0.05, 0) is 48.8 Å². The van der Waals surface area contributed by atoms with E-state index in [1.54, 1.807) is 0 Å². The van der Waals surface area contributed by atoms with Crippen LogP contribution in [0, 0.1) is 0 Å². The van der Waals surface area contributed by atoms with Gasteiger partial charge >= 0.3 is 0 Å². The topological polar surface area (TPSA) is 46.3 Å². The van der Waals surface area contributed by atoms with Gasteiger partial charge in [-0.25, -0.2) is 4.39 Å². The first-order valence-corrected chi connectivity index (χ1v) is 7.91. The molecule has 1 aromatic rings. The molecule has 1 fully saturated rings. The van der Waals surface area contributed by atoms with Crippen molar-refractivity contribution in [3.05, 3.63) is 34.9 Å². The first-order valence-electron chi connectivity index (χ1n) is 7.91. The third-order valence-electron chi connectivity index (χ3n) is 4.79. The number of benzene rings is 1. The molecule has 0 radical (unpaired) electrons. The average Bonchev–Trinajstić information content (AvgIpc) is 2.48. The lowest BCUT2D eigenvalue weighted by atomic mass is 9.81. The molecule has 0 bridgehead atoms. The molecule has 1 atom stereocenters. The van der Waals surface area contributed by atoms with Crippen molar-refractivity contribution in [2.75, 3.05) is 13.1 Å². The molecular formula is C17H23FN2O. The highest BCUT2D eigenvalue weighted by atomic mass is 19.1. The molecule has 0 spiro atoms. The summed E-state index contributed by atoms with van der Waals surface area (Å²) in [6.45, 7) is 2.55. The second-order valence-electron chi connectivity index (χ2n) is 6.33. The zero-order valence-corrected chi connectivity index (χ0v) is 12.4. The number of nitrogens with zero attached hydrogens (tertiary/aromatic N) is 1. The second-order valence-corrected chi connectivity index (χ2v) is 6.33. The Labute approximate surface area is 125 Å². The van der Waals surface area contributed by atoms with Gasteiger partial charge in [-0.1, -0.05) is 18.2 Å². The Morgan fingerprint density at radius 3 is 2.76 bits per heavy atom. The summed E-state index contributed by atoms with van der Waals surface area (Å²) in [5.41, 5.74) is 9.14. The summed E-state index contributed by atoms with van der Waals surface area (Å²) < 4.78 is 13.2. The van der Waals surface area contributed by atoms with E-state index < -0.39 is 6.17 Å². The number of nitrogens with two attached hydrogens (primary N) is 1. The van der Waals surface area contributed by atoms with E-state index in [4.69, 9.17) is 5.73 Å². The van der Waals surface area contributed by atoms with Gasteiger partial charge in [0, 0.05) is 19.6 Å². The minimum atomic E-state index is -0.624. The van der Waals surface area contributed by atoms with Gasteiger partial charge in [0.05, 0.1) is 5.92 Å². The number of piperidine rings is 1. The summed E-state index contributed by atoms with van der Waals surface area (Å²) in [4.78, 5) is 13.8. The van der Waals surface area contributed by atoms with Crippen LogP contribution < -0.4 is 5.73 Å². The highest BCUT2D eigenvalue weighted by molar-refractivity contribution is 5.82. The zero-order chi connectivity index (χ0) is 14.8. The third-order valence-corrected chi connectivity index (χ3v) is 4.79. The SMILES string of the molecule is NC(=O)C1CCCc2cc(CN3CCC(F)CC3)ccc21. The Balaban J connectivity index is 1.72. The van der Waals surface area contributed by atoms with E-state index in [9.17, 15) is 9.18 Å². The summed E-state index contributed by atoms with van der Waals surface area (Å²) >= 11 is 0. The lowest BCUT2D eigenvalue weighted by molar-refractivity contribution is -0.119. The molecule has 1 saturated heterocycles. The van der Waals surface area contributed by atoms with Crippen molar-refractivity contribution in [1.82, 2.24) is 4.90 Å². The lowest BCUT2D eigenvalue weighted by Gasteiger charge is -2.29. The van der Waals surface area contributed by atoms with Crippen LogP contribution in [0.4, 0.5) is 4.39 Å². The van der Waals surface area contributed by atoms with Crippen molar-refractivity contribution in [2.45, 2.75) is 50.7 Å². The number of hydrogen-bond acceptors (Lipinski definition) is 2. The summed E-state index contributed by atoms with van der Waals surface area (Å²) in [5.74, 6) is -0.334. The molecule has 0 aromatic heterocycles. The first kappa shape index (κ1) is 14.5. The first-order chi connectivity index (χ1) is 10.1. The third kappa shape index (κ3) is 3.26. The fourth-order valence-corrected chi connectivity index (χ4v) is 3.58. The lowest BCUT2D eigenvalue weighted by Crippen LogP contribution is -2.34. The number of hydrogen-bond donors (Lipinski definition) is 1. The monoisotopic (exact) mass is 290 g/mol. The van der Waals surface area contributed by atoms with Crippen LogP contribution in [-0.2, 0) is 17.8 Å². The van der Waals surface area contributed by atoms with Gasteiger partial charge in [-0.15, -0.1) is 0 Å². The summed E-state index contributed by atoms with van der Waals surface area (Å²) in [5, 5.41) is 0. The molecule has 1 amide bonds. The van der Waals surface area contributed by atoms with Crippen molar-refractivity contribution in [3.63, 3.8) is 0 Å². The number of carbonyl (C=O) groups excluding carboxylic acids is 1. The minimum Gasteiger partial charge on any atom is -0.369 e. The van der Waals surface area contributed by atoms with E-state index in [-0.39, 0.29) is 11.8 Å². The number of halogens is 1. The largest absolute Gasteiger partial charge is 0.369 e. The van der Waals surface area contributed by atoms with Crippen LogP contribution in [0.25, 0.3) is 0 Å². The van der Waals surface area contributed by atoms with Gasteiger partial charge < -0.3 is 5.73 Å². The fraction of sp³-hybridized carbons (Fsp3) is 0.588. The van der Waals surface area contributed by atoms with E-state index in [2.05, 4.69) is 23.1 Å². The molecule has 4 heteroatoms. The van der Waals surface area contributed by atoms with Crippen molar-refractivity contribution in [2.24, 2.45) is 5.73 Å². The molecule has 2 N–H and O–H groups in total. The number of likely N-dealkylation sites (tertiary alicyclic amines) is 1. The molecule has 114 valence electrons. The van der Waals surface area contributed by atoms with Gasteiger partial charge in [-0.3, -0.25) is 9.69 Å². The molecule has 0 saturated carbocycles. The van der Waals surface area contributed by atoms with Crippen LogP contribution in [0.5, 0.6) is 0 Å². The summed E-state index contributed by atoms with van der Waals surface area (Å²) in [6, 6.07) is 6.38. The molecule has 1 aliphatic carbocycles. The molecule has 2 aliphatic rings. The van der Waals surface area contributed by atoms with Gasteiger partial charge in [-0.2, -0.15) is 0 Å². The summed E-state index contributed by atoms with van der Waals surface area (Å²) in [7, 11) is 0. The highest BCUT2D eigenvalue weighted by Crippen LogP contribution is 2.32. The number of aryl methyl sites for hydroxylation is 1. The van der Waals surface area contributed by atoms with E-state index in [0.29, 0.717) is 12.8 Å². The molecule has 21 heavy (non-hydrogen) atoms. The van der Waals surface area contributed by atoms with E-state index in [1.807, 2.05) is 0 Å². The van der Waals surface area contributed by atoms with Gasteiger partial charge in [0.15, 0.2) is 0 Å². The van der Waals surface area contributed by atoms with Crippen LogP contribution in [0.1, 0.15) is 48.3 Å². The van der Waals surface area contributed by atoms with Crippen molar-refractivity contribution < 1.29 is 9.18 Å². The molecule has 1 unspecified atom stereocenters. The van der Waals surface area contributed by atoms with Crippen molar-refractivity contribution in [3.8, 4) is 0 Å².